The van der Waals surface area contributed by atoms with Crippen LogP contribution in [0.5, 0.6) is 0 Å². The van der Waals surface area contributed by atoms with Crippen LogP contribution < -0.4 is 21.3 Å². The summed E-state index contributed by atoms with van der Waals surface area (Å²) < 4.78 is 5.81. The predicted molar refractivity (Wildman–Crippen MR) is 141 cm³/mol. The maximum atomic E-state index is 13.6. The van der Waals surface area contributed by atoms with Crippen molar-refractivity contribution in [1.29, 1.82) is 0 Å². The van der Waals surface area contributed by atoms with Crippen LogP contribution in [0.3, 0.4) is 0 Å². The zero-order valence-corrected chi connectivity index (χ0v) is 23.1. The van der Waals surface area contributed by atoms with Gasteiger partial charge in [-0.1, -0.05) is 6.42 Å². The summed E-state index contributed by atoms with van der Waals surface area (Å²) in [6.45, 7) is 5.16. The van der Waals surface area contributed by atoms with Gasteiger partial charge in [0.25, 0.3) is 0 Å². The van der Waals surface area contributed by atoms with Gasteiger partial charge in [0.15, 0.2) is 0 Å². The summed E-state index contributed by atoms with van der Waals surface area (Å²) in [6, 6.07) is 0.624. The number of alkyl halides is 1. The van der Waals surface area contributed by atoms with E-state index in [1.807, 2.05) is 0 Å². The fourth-order valence-electron chi connectivity index (χ4n) is 7.95. The lowest BCUT2D eigenvalue weighted by Crippen LogP contribution is -2.57. The van der Waals surface area contributed by atoms with Gasteiger partial charge in [0.1, 0.15) is 5.50 Å². The molecule has 8 nitrogen and oxygen atoms in total. The molecule has 6 aliphatic rings. The third-order valence-electron chi connectivity index (χ3n) is 10.2. The lowest BCUT2D eigenvalue weighted by molar-refractivity contribution is -0.146. The number of likely N-dealkylation sites (tertiary alicyclic amines) is 1. The summed E-state index contributed by atoms with van der Waals surface area (Å²) in [5.74, 6) is 1.10. The van der Waals surface area contributed by atoms with Gasteiger partial charge in [0.05, 0.1) is 17.5 Å². The smallest absolute Gasteiger partial charge is 0.226 e. The van der Waals surface area contributed by atoms with Gasteiger partial charge in [-0.15, -0.1) is 23.4 Å². The minimum Gasteiger partial charge on any atom is -0.380 e. The molecule has 0 aromatic carbocycles. The fourth-order valence-corrected chi connectivity index (χ4v) is 9.65. The number of hydrogen-bond acceptors (Lipinski definition) is 7. The van der Waals surface area contributed by atoms with Crippen molar-refractivity contribution in [2.24, 2.45) is 29.1 Å². The molecule has 9 unspecified atom stereocenters. The van der Waals surface area contributed by atoms with Crippen LogP contribution in [0.15, 0.2) is 0 Å². The number of halogens is 1. The molecule has 2 amide bonds. The molecule has 0 aromatic heterocycles. The molecule has 4 saturated heterocycles. The second-order valence-electron chi connectivity index (χ2n) is 12.4. The largest absolute Gasteiger partial charge is 0.380 e. The van der Waals surface area contributed by atoms with Crippen LogP contribution in [0.25, 0.3) is 0 Å². The highest BCUT2D eigenvalue weighted by molar-refractivity contribution is 8.00. The fraction of sp³-hybridized carbons (Fsp3) is 0.923. The van der Waals surface area contributed by atoms with E-state index in [-0.39, 0.29) is 52.7 Å². The Morgan fingerprint density at radius 2 is 1.92 bits per heavy atom. The number of amides is 2. The van der Waals surface area contributed by atoms with Gasteiger partial charge < -0.3 is 20.3 Å². The minimum atomic E-state index is -0.107. The number of carbonyl (C=O) groups excluding carboxylic acids is 2. The van der Waals surface area contributed by atoms with Crippen molar-refractivity contribution < 1.29 is 14.3 Å². The molecular weight excluding hydrogens is 498 g/mol. The molecule has 4 heterocycles. The number of carbonyl (C=O) groups is 2. The molecule has 0 bridgehead atoms. The van der Waals surface area contributed by atoms with E-state index in [2.05, 4.69) is 33.1 Å². The van der Waals surface area contributed by atoms with Crippen LogP contribution in [0.2, 0.25) is 0 Å². The molecular formula is C26H42ClN5O3S. The molecule has 2 aliphatic carbocycles. The number of nitrogens with one attached hydrogen (secondary N) is 4. The molecule has 0 aromatic rings. The van der Waals surface area contributed by atoms with Gasteiger partial charge in [-0.2, -0.15) is 0 Å². The molecule has 6 rings (SSSR count). The quantitative estimate of drug-likeness (QED) is 0.312. The van der Waals surface area contributed by atoms with Crippen LogP contribution in [0, 0.1) is 29.1 Å². The predicted octanol–water partition coefficient (Wildman–Crippen LogP) is 1.69. The molecule has 2 saturated carbocycles. The first-order valence-corrected chi connectivity index (χ1v) is 15.4. The molecule has 36 heavy (non-hydrogen) atoms. The van der Waals surface area contributed by atoms with Crippen LogP contribution in [-0.2, 0) is 14.3 Å². The number of hydrogen-bond donors (Lipinski definition) is 4. The lowest BCUT2D eigenvalue weighted by atomic mass is 9.51. The summed E-state index contributed by atoms with van der Waals surface area (Å²) in [4.78, 5) is 28.7. The highest BCUT2D eigenvalue weighted by Crippen LogP contribution is 2.59. The number of fused-ring (bicyclic) bond motifs is 1. The van der Waals surface area contributed by atoms with E-state index in [1.54, 1.807) is 18.9 Å². The van der Waals surface area contributed by atoms with Gasteiger partial charge in [0.2, 0.25) is 11.8 Å². The van der Waals surface area contributed by atoms with Crippen LogP contribution in [0.1, 0.15) is 51.9 Å². The summed E-state index contributed by atoms with van der Waals surface area (Å²) in [6.07, 6.45) is 8.05. The summed E-state index contributed by atoms with van der Waals surface area (Å²) in [5, 5.41) is 14.1. The van der Waals surface area contributed by atoms with E-state index < -0.39 is 0 Å². The Bertz CT molecular complexity index is 839. The number of rotatable bonds is 5. The van der Waals surface area contributed by atoms with Crippen molar-refractivity contribution in [3.8, 4) is 0 Å². The molecule has 10 heteroatoms. The first kappa shape index (κ1) is 25.7. The van der Waals surface area contributed by atoms with Crippen LogP contribution in [0.4, 0.5) is 0 Å². The third kappa shape index (κ3) is 4.81. The van der Waals surface area contributed by atoms with Crippen molar-refractivity contribution in [2.75, 3.05) is 33.3 Å². The molecule has 6 fully saturated rings. The molecule has 4 aliphatic heterocycles. The van der Waals surface area contributed by atoms with Gasteiger partial charge >= 0.3 is 0 Å². The number of nitrogens with zero attached hydrogens (tertiary/aromatic N) is 1. The van der Waals surface area contributed by atoms with Crippen molar-refractivity contribution in [3.63, 3.8) is 0 Å². The Morgan fingerprint density at radius 1 is 1.11 bits per heavy atom. The van der Waals surface area contributed by atoms with E-state index in [9.17, 15) is 9.59 Å². The zero-order valence-electron chi connectivity index (χ0n) is 21.5. The Morgan fingerprint density at radius 3 is 2.61 bits per heavy atom. The van der Waals surface area contributed by atoms with E-state index in [4.69, 9.17) is 16.3 Å². The summed E-state index contributed by atoms with van der Waals surface area (Å²) in [7, 11) is 1.76. The minimum absolute atomic E-state index is 0.0716. The van der Waals surface area contributed by atoms with Gasteiger partial charge in [-0.05, 0) is 62.7 Å². The van der Waals surface area contributed by atoms with Gasteiger partial charge in [-0.25, -0.2) is 0 Å². The van der Waals surface area contributed by atoms with E-state index in [0.29, 0.717) is 29.2 Å². The average molecular weight is 540 g/mol. The Labute approximate surface area is 224 Å². The number of thioether (sulfide) groups is 1. The SMILES string of the molecule is COC1CNC(Cl)CC1C1CC(C)NCC1C(=O)NC1NC2CN(C(=O)C3CC4(CCC4)C3)CC2S1. The van der Waals surface area contributed by atoms with Crippen molar-refractivity contribution in [2.45, 2.75) is 86.3 Å². The standard InChI is InChI=1S/C26H42ClN5O3S/c1-14-6-16(17-7-22(27)29-11-20(17)35-2)18(10-28-14)23(33)31-25-30-19-12-32(13-21(19)36-25)24(34)15-8-26(9-15)4-3-5-26/h14-22,25,28-30H,3-13H2,1-2H3,(H,31,33). The van der Waals surface area contributed by atoms with Crippen molar-refractivity contribution in [3.05, 3.63) is 0 Å². The Hall–Kier alpha value is -0.580. The first-order chi connectivity index (χ1) is 17.3. The van der Waals surface area contributed by atoms with Crippen LogP contribution in [-0.4, -0.2) is 84.4 Å². The summed E-state index contributed by atoms with van der Waals surface area (Å²) >= 11 is 8.25. The molecule has 202 valence electrons. The highest BCUT2D eigenvalue weighted by Gasteiger charge is 2.53. The van der Waals surface area contributed by atoms with Gasteiger partial charge in [0, 0.05) is 56.5 Å². The maximum Gasteiger partial charge on any atom is 0.226 e. The highest BCUT2D eigenvalue weighted by atomic mass is 35.5. The lowest BCUT2D eigenvalue weighted by Gasteiger charge is -2.54. The Kier molecular flexibility index (Phi) is 7.27. The second kappa shape index (κ2) is 10.2. The van der Waals surface area contributed by atoms with Crippen molar-refractivity contribution >= 4 is 35.2 Å². The summed E-state index contributed by atoms with van der Waals surface area (Å²) in [5.41, 5.74) is 0.356. The molecule has 9 atom stereocenters. The second-order valence-corrected chi connectivity index (χ2v) is 14.3. The topological polar surface area (TPSA) is 94.7 Å². The van der Waals surface area contributed by atoms with E-state index >= 15 is 0 Å². The molecule has 4 N–H and O–H groups in total. The zero-order chi connectivity index (χ0) is 25.0. The number of methoxy groups -OCH3 is 1. The van der Waals surface area contributed by atoms with Crippen LogP contribution >= 0.6 is 23.4 Å². The molecule has 1 spiro atoms. The van der Waals surface area contributed by atoms with Crippen molar-refractivity contribution in [1.82, 2.24) is 26.2 Å². The Balaban J connectivity index is 1.02. The normalized spacial score (nSPS) is 44.1. The average Bonchev–Trinajstić information content (AvgIpc) is 3.35. The van der Waals surface area contributed by atoms with E-state index in [1.165, 1.54) is 19.3 Å². The number of ether oxygens (including phenoxy) is 1. The monoisotopic (exact) mass is 539 g/mol. The first-order valence-electron chi connectivity index (χ1n) is 14.0. The molecule has 0 radical (unpaired) electrons. The van der Waals surface area contributed by atoms with Gasteiger partial charge in [-0.3, -0.25) is 20.2 Å². The maximum absolute atomic E-state index is 13.6. The number of piperidine rings is 2. The van der Waals surface area contributed by atoms with E-state index in [0.717, 1.165) is 45.3 Å². The third-order valence-corrected chi connectivity index (χ3v) is 11.9.